The van der Waals surface area contributed by atoms with E-state index >= 15 is 0 Å². The standard InChI is InChI=1S/C29H34N4O2/c1-22-9-11-25(12-10-22)27(21-28(34)30-17-20-33-18-5-6-19-33)32-29(35)31-26-15-13-24(14-16-26)23-7-3-2-4-8-23/h2-4,7-16,27H,5-6,17-21H2,1H3,(H,30,34)(H2,31,32,35)/t27-/m0/s1. The zero-order valence-electron chi connectivity index (χ0n) is 20.3. The van der Waals surface area contributed by atoms with Gasteiger partial charge in [0.25, 0.3) is 0 Å². The van der Waals surface area contributed by atoms with Gasteiger partial charge in [-0.2, -0.15) is 0 Å². The fourth-order valence-electron chi connectivity index (χ4n) is 4.37. The van der Waals surface area contributed by atoms with Crippen LogP contribution in [0.4, 0.5) is 10.5 Å². The second-order valence-electron chi connectivity index (χ2n) is 9.11. The van der Waals surface area contributed by atoms with E-state index in [9.17, 15) is 9.59 Å². The highest BCUT2D eigenvalue weighted by Gasteiger charge is 2.19. The third kappa shape index (κ3) is 7.42. The molecule has 4 rings (SSSR count). The summed E-state index contributed by atoms with van der Waals surface area (Å²) in [5.74, 6) is -0.0673. The first kappa shape index (κ1) is 24.5. The summed E-state index contributed by atoms with van der Waals surface area (Å²) < 4.78 is 0. The van der Waals surface area contributed by atoms with E-state index in [1.54, 1.807) is 0 Å². The average molecular weight is 471 g/mol. The molecule has 1 fully saturated rings. The van der Waals surface area contributed by atoms with Crippen LogP contribution in [0.2, 0.25) is 0 Å². The van der Waals surface area contributed by atoms with Crippen molar-refractivity contribution in [2.45, 2.75) is 32.2 Å². The first-order valence-corrected chi connectivity index (χ1v) is 12.4. The van der Waals surface area contributed by atoms with Crippen LogP contribution in [0.3, 0.4) is 0 Å². The molecule has 0 aliphatic carbocycles. The molecule has 1 saturated heterocycles. The number of rotatable bonds is 9. The van der Waals surface area contributed by atoms with Gasteiger partial charge in [0.2, 0.25) is 5.91 Å². The lowest BCUT2D eigenvalue weighted by Crippen LogP contribution is -2.38. The molecule has 1 aliphatic rings. The van der Waals surface area contributed by atoms with Gasteiger partial charge in [0.05, 0.1) is 12.5 Å². The predicted octanol–water partition coefficient (Wildman–Crippen LogP) is 5.13. The number of carbonyl (C=O) groups excluding carboxylic acids is 2. The van der Waals surface area contributed by atoms with Crippen LogP contribution in [-0.4, -0.2) is 43.0 Å². The number of hydrogen-bond donors (Lipinski definition) is 3. The van der Waals surface area contributed by atoms with Gasteiger partial charge in [0, 0.05) is 18.8 Å². The van der Waals surface area contributed by atoms with Gasteiger partial charge in [-0.05, 0) is 61.7 Å². The predicted molar refractivity (Wildman–Crippen MR) is 141 cm³/mol. The smallest absolute Gasteiger partial charge is 0.319 e. The summed E-state index contributed by atoms with van der Waals surface area (Å²) in [6, 6.07) is 25.0. The number of hydrogen-bond acceptors (Lipinski definition) is 3. The SMILES string of the molecule is Cc1ccc([C@H](CC(=O)NCCN2CCCC2)NC(=O)Nc2ccc(-c3ccccc3)cc2)cc1. The molecule has 0 spiro atoms. The minimum atomic E-state index is -0.425. The number of amides is 3. The van der Waals surface area contributed by atoms with Crippen LogP contribution in [0.1, 0.15) is 36.4 Å². The maximum atomic E-state index is 12.8. The number of nitrogens with one attached hydrogen (secondary N) is 3. The van der Waals surface area contributed by atoms with Crippen molar-refractivity contribution in [3.63, 3.8) is 0 Å². The zero-order valence-corrected chi connectivity index (χ0v) is 20.3. The molecule has 182 valence electrons. The van der Waals surface area contributed by atoms with Crippen LogP contribution < -0.4 is 16.0 Å². The Labute approximate surface area is 207 Å². The molecule has 6 heteroatoms. The third-order valence-electron chi connectivity index (χ3n) is 6.37. The van der Waals surface area contributed by atoms with Gasteiger partial charge in [-0.25, -0.2) is 4.79 Å². The van der Waals surface area contributed by atoms with Crippen molar-refractivity contribution in [1.29, 1.82) is 0 Å². The number of carbonyl (C=O) groups is 2. The Morgan fingerprint density at radius 3 is 2.20 bits per heavy atom. The van der Waals surface area contributed by atoms with Gasteiger partial charge in [-0.3, -0.25) is 4.79 Å². The summed E-state index contributed by atoms with van der Waals surface area (Å²) in [6.07, 6.45) is 2.65. The van der Waals surface area contributed by atoms with Gasteiger partial charge in [-0.15, -0.1) is 0 Å². The maximum absolute atomic E-state index is 12.8. The van der Waals surface area contributed by atoms with Crippen molar-refractivity contribution in [3.05, 3.63) is 90.0 Å². The molecule has 1 aliphatic heterocycles. The maximum Gasteiger partial charge on any atom is 0.319 e. The van der Waals surface area contributed by atoms with Gasteiger partial charge in [-0.1, -0.05) is 72.3 Å². The lowest BCUT2D eigenvalue weighted by Gasteiger charge is -2.20. The first-order chi connectivity index (χ1) is 17.1. The highest BCUT2D eigenvalue weighted by Crippen LogP contribution is 2.22. The topological polar surface area (TPSA) is 73.5 Å². The summed E-state index contributed by atoms with van der Waals surface area (Å²) in [7, 11) is 0. The largest absolute Gasteiger partial charge is 0.355 e. The van der Waals surface area contributed by atoms with Crippen LogP contribution in [-0.2, 0) is 4.79 Å². The van der Waals surface area contributed by atoms with Crippen molar-refractivity contribution < 1.29 is 9.59 Å². The Kier molecular flexibility index (Phi) is 8.52. The highest BCUT2D eigenvalue weighted by molar-refractivity contribution is 5.90. The van der Waals surface area contributed by atoms with E-state index in [0.717, 1.165) is 41.9 Å². The summed E-state index contributed by atoms with van der Waals surface area (Å²) in [4.78, 5) is 27.9. The molecule has 1 heterocycles. The molecule has 0 bridgehead atoms. The summed E-state index contributed by atoms with van der Waals surface area (Å²) >= 11 is 0. The number of likely N-dealkylation sites (tertiary alicyclic amines) is 1. The first-order valence-electron chi connectivity index (χ1n) is 12.4. The molecular weight excluding hydrogens is 436 g/mol. The molecule has 1 atom stereocenters. The van der Waals surface area contributed by atoms with Crippen LogP contribution >= 0.6 is 0 Å². The van der Waals surface area contributed by atoms with Crippen LogP contribution in [0.25, 0.3) is 11.1 Å². The summed E-state index contributed by atoms with van der Waals surface area (Å²) in [5.41, 5.74) is 4.93. The lowest BCUT2D eigenvalue weighted by atomic mass is 10.0. The molecule has 0 aromatic heterocycles. The number of anilines is 1. The fourth-order valence-corrected chi connectivity index (χ4v) is 4.37. The lowest BCUT2D eigenvalue weighted by molar-refractivity contribution is -0.121. The van der Waals surface area contributed by atoms with E-state index in [0.29, 0.717) is 12.2 Å². The van der Waals surface area contributed by atoms with Crippen molar-refractivity contribution in [1.82, 2.24) is 15.5 Å². The van der Waals surface area contributed by atoms with Crippen LogP contribution in [0.15, 0.2) is 78.9 Å². The van der Waals surface area contributed by atoms with E-state index in [4.69, 9.17) is 0 Å². The normalized spacial score (nSPS) is 14.3. The number of nitrogens with zero attached hydrogens (tertiary/aromatic N) is 1. The molecule has 0 radical (unpaired) electrons. The van der Waals surface area contributed by atoms with Gasteiger partial charge >= 0.3 is 6.03 Å². The molecule has 3 aromatic carbocycles. The highest BCUT2D eigenvalue weighted by atomic mass is 16.2. The van der Waals surface area contributed by atoms with E-state index in [1.807, 2.05) is 73.7 Å². The van der Waals surface area contributed by atoms with Crippen molar-refractivity contribution in [2.24, 2.45) is 0 Å². The van der Waals surface area contributed by atoms with Crippen molar-refractivity contribution >= 4 is 17.6 Å². The van der Waals surface area contributed by atoms with Crippen molar-refractivity contribution in [2.75, 3.05) is 31.5 Å². The van der Waals surface area contributed by atoms with Crippen molar-refractivity contribution in [3.8, 4) is 11.1 Å². The molecular formula is C29H34N4O2. The van der Waals surface area contributed by atoms with Gasteiger partial charge < -0.3 is 20.9 Å². The minimum absolute atomic E-state index is 0.0673. The molecule has 0 unspecified atom stereocenters. The number of urea groups is 1. The second kappa shape index (κ2) is 12.2. The average Bonchev–Trinajstić information content (AvgIpc) is 3.39. The zero-order chi connectivity index (χ0) is 24.5. The van der Waals surface area contributed by atoms with E-state index in [2.05, 4.69) is 33.0 Å². The van der Waals surface area contributed by atoms with Gasteiger partial charge in [0.1, 0.15) is 0 Å². The number of aryl methyl sites for hydroxylation is 1. The third-order valence-corrected chi connectivity index (χ3v) is 6.37. The fraction of sp³-hybridized carbons (Fsp3) is 0.310. The Hall–Kier alpha value is -3.64. The molecule has 6 nitrogen and oxygen atoms in total. The molecule has 3 N–H and O–H groups in total. The Morgan fingerprint density at radius 1 is 0.857 bits per heavy atom. The monoisotopic (exact) mass is 470 g/mol. The van der Waals surface area contributed by atoms with E-state index in [1.165, 1.54) is 12.8 Å². The molecule has 3 amide bonds. The van der Waals surface area contributed by atoms with E-state index in [-0.39, 0.29) is 18.4 Å². The number of benzene rings is 3. The Balaban J connectivity index is 1.35. The Morgan fingerprint density at radius 2 is 1.51 bits per heavy atom. The van der Waals surface area contributed by atoms with E-state index < -0.39 is 6.04 Å². The van der Waals surface area contributed by atoms with Crippen LogP contribution in [0, 0.1) is 6.92 Å². The molecule has 35 heavy (non-hydrogen) atoms. The quantitative estimate of drug-likeness (QED) is 0.406. The van der Waals surface area contributed by atoms with Gasteiger partial charge in [0.15, 0.2) is 0 Å². The second-order valence-corrected chi connectivity index (χ2v) is 9.11. The molecule has 3 aromatic rings. The molecule has 0 saturated carbocycles. The summed E-state index contributed by atoms with van der Waals surface area (Å²) in [5, 5.41) is 8.90. The minimum Gasteiger partial charge on any atom is -0.355 e. The van der Waals surface area contributed by atoms with Crippen LogP contribution in [0.5, 0.6) is 0 Å². The Bertz CT molecular complexity index is 1090. The summed E-state index contributed by atoms with van der Waals surface area (Å²) in [6.45, 7) is 5.72.